The summed E-state index contributed by atoms with van der Waals surface area (Å²) in [5.41, 5.74) is 12.1. The standard InChI is InChI=1S/C32H32FN9O/c33-25-18-24(25)32(43)40-15-10-20(11-16-40)37-26-7-4-19-17-21(5-6-22(19)26)42-30(23-3-1-12-35-29(23)34)38-27-8-9-28(39-31(27)42)41-14-2-13-36-41/h1-3,5-6,8-9,12-14,17,20,24-26,37H,4,7,10-11,15-16,18H2,(H2,34,35)/t24-,25+,26?/m1/s1. The molecule has 3 aliphatic rings. The predicted molar refractivity (Wildman–Crippen MR) is 160 cm³/mol. The predicted octanol–water partition coefficient (Wildman–Crippen LogP) is 4.18. The SMILES string of the molecule is Nc1ncccc1-c1nc2ccc(-n3cccn3)nc2n1-c1ccc2c(c1)CCC2NC1CCN(C(=O)[C@@H]2C[C@@H]2F)CC1. The van der Waals surface area contributed by atoms with E-state index in [4.69, 9.17) is 15.7 Å². The molecule has 1 aromatic carbocycles. The Labute approximate surface area is 247 Å². The molecule has 1 saturated heterocycles. The molecule has 2 fully saturated rings. The van der Waals surface area contributed by atoms with E-state index in [1.54, 1.807) is 17.1 Å². The molecule has 1 aliphatic heterocycles. The molecule has 3 atom stereocenters. The van der Waals surface area contributed by atoms with Gasteiger partial charge < -0.3 is 16.0 Å². The highest BCUT2D eigenvalue weighted by molar-refractivity contribution is 5.83. The van der Waals surface area contributed by atoms with Crippen LogP contribution in [0.25, 0.3) is 34.1 Å². The Balaban J connectivity index is 1.09. The van der Waals surface area contributed by atoms with Crippen molar-refractivity contribution in [3.8, 4) is 22.9 Å². The molecular formula is C32H32FN9O. The summed E-state index contributed by atoms with van der Waals surface area (Å²) in [5, 5.41) is 8.22. The Kier molecular flexibility index (Phi) is 6.21. The van der Waals surface area contributed by atoms with Crippen molar-refractivity contribution in [2.24, 2.45) is 5.92 Å². The van der Waals surface area contributed by atoms with Gasteiger partial charge in [-0.1, -0.05) is 6.07 Å². The van der Waals surface area contributed by atoms with Crippen LogP contribution in [0.2, 0.25) is 0 Å². The van der Waals surface area contributed by atoms with Crippen molar-refractivity contribution >= 4 is 22.9 Å². The van der Waals surface area contributed by atoms with Crippen LogP contribution in [0.4, 0.5) is 10.2 Å². The van der Waals surface area contributed by atoms with E-state index >= 15 is 0 Å². The van der Waals surface area contributed by atoms with E-state index in [0.29, 0.717) is 48.7 Å². The Hall–Kier alpha value is -4.64. The van der Waals surface area contributed by atoms with Crippen LogP contribution >= 0.6 is 0 Å². The number of anilines is 1. The van der Waals surface area contributed by atoms with Crippen LogP contribution in [-0.4, -0.2) is 65.4 Å². The van der Waals surface area contributed by atoms with Gasteiger partial charge in [-0.3, -0.25) is 9.36 Å². The molecule has 2 aliphatic carbocycles. The monoisotopic (exact) mass is 577 g/mol. The average Bonchev–Trinajstić information content (AvgIpc) is 3.41. The number of nitrogens with zero attached hydrogens (tertiary/aromatic N) is 7. The molecule has 0 spiro atoms. The maximum Gasteiger partial charge on any atom is 0.228 e. The van der Waals surface area contributed by atoms with Crippen molar-refractivity contribution in [3.63, 3.8) is 0 Å². The number of hydrogen-bond donors (Lipinski definition) is 2. The number of carbonyl (C=O) groups excluding carboxylic acids is 1. The lowest BCUT2D eigenvalue weighted by molar-refractivity contribution is -0.134. The molecule has 43 heavy (non-hydrogen) atoms. The molecule has 11 heteroatoms. The number of piperidine rings is 1. The molecule has 10 nitrogen and oxygen atoms in total. The van der Waals surface area contributed by atoms with Gasteiger partial charge >= 0.3 is 0 Å². The number of fused-ring (bicyclic) bond motifs is 2. The van der Waals surface area contributed by atoms with Gasteiger partial charge in [0.25, 0.3) is 0 Å². The summed E-state index contributed by atoms with van der Waals surface area (Å²) in [6.07, 6.45) is 8.48. The minimum atomic E-state index is -0.935. The minimum absolute atomic E-state index is 0.00430. The smallest absolute Gasteiger partial charge is 0.228 e. The van der Waals surface area contributed by atoms with E-state index in [1.165, 1.54) is 11.1 Å². The van der Waals surface area contributed by atoms with Crippen molar-refractivity contribution in [1.29, 1.82) is 0 Å². The van der Waals surface area contributed by atoms with Gasteiger partial charge in [0.15, 0.2) is 17.3 Å². The third-order valence-corrected chi connectivity index (χ3v) is 9.04. The van der Waals surface area contributed by atoms with Crippen molar-refractivity contribution in [2.45, 2.75) is 50.4 Å². The molecule has 5 heterocycles. The largest absolute Gasteiger partial charge is 0.383 e. The van der Waals surface area contributed by atoms with Gasteiger partial charge in [0, 0.05) is 49.5 Å². The van der Waals surface area contributed by atoms with Crippen LogP contribution in [0.1, 0.15) is 42.9 Å². The minimum Gasteiger partial charge on any atom is -0.383 e. The quantitative estimate of drug-likeness (QED) is 0.311. The highest BCUT2D eigenvalue weighted by Crippen LogP contribution is 2.38. The summed E-state index contributed by atoms with van der Waals surface area (Å²) in [4.78, 5) is 28.5. The number of nitrogen functional groups attached to an aromatic ring is 1. The first-order chi connectivity index (χ1) is 21.0. The third kappa shape index (κ3) is 4.64. The summed E-state index contributed by atoms with van der Waals surface area (Å²) >= 11 is 0. The Morgan fingerprint density at radius 2 is 1.88 bits per heavy atom. The molecule has 1 unspecified atom stereocenters. The number of aryl methyl sites for hydroxylation is 1. The maximum absolute atomic E-state index is 13.4. The Morgan fingerprint density at radius 3 is 2.65 bits per heavy atom. The lowest BCUT2D eigenvalue weighted by Crippen LogP contribution is -2.46. The van der Waals surface area contributed by atoms with Crippen molar-refractivity contribution in [3.05, 3.63) is 78.2 Å². The van der Waals surface area contributed by atoms with Crippen LogP contribution in [-0.2, 0) is 11.2 Å². The molecular weight excluding hydrogens is 545 g/mol. The fourth-order valence-corrected chi connectivity index (χ4v) is 6.63. The second-order valence-corrected chi connectivity index (χ2v) is 11.8. The van der Waals surface area contributed by atoms with E-state index in [2.05, 4.69) is 38.2 Å². The summed E-state index contributed by atoms with van der Waals surface area (Å²) in [6, 6.07) is 16.7. The number of aromatic nitrogens is 6. The van der Waals surface area contributed by atoms with E-state index in [-0.39, 0.29) is 11.9 Å². The number of nitrogens with one attached hydrogen (secondary N) is 1. The van der Waals surface area contributed by atoms with E-state index in [9.17, 15) is 9.18 Å². The van der Waals surface area contributed by atoms with Gasteiger partial charge in [-0.25, -0.2) is 24.0 Å². The van der Waals surface area contributed by atoms with Gasteiger partial charge in [0.1, 0.15) is 17.5 Å². The van der Waals surface area contributed by atoms with Gasteiger partial charge in [-0.2, -0.15) is 5.10 Å². The Morgan fingerprint density at radius 1 is 1.02 bits per heavy atom. The molecule has 1 saturated carbocycles. The number of nitrogens with two attached hydrogens (primary N) is 1. The van der Waals surface area contributed by atoms with Gasteiger partial charge in [0.05, 0.1) is 11.5 Å². The molecule has 5 aromatic rings. The number of benzene rings is 1. The number of imidazole rings is 1. The second-order valence-electron chi connectivity index (χ2n) is 11.8. The van der Waals surface area contributed by atoms with Crippen LogP contribution in [0.15, 0.2) is 67.1 Å². The number of likely N-dealkylation sites (tertiary alicyclic amines) is 1. The molecule has 0 radical (unpaired) electrons. The molecule has 3 N–H and O–H groups in total. The number of amides is 1. The van der Waals surface area contributed by atoms with Gasteiger partial charge in [0.2, 0.25) is 5.91 Å². The van der Waals surface area contributed by atoms with E-state index in [1.807, 2.05) is 41.4 Å². The summed E-state index contributed by atoms with van der Waals surface area (Å²) < 4.78 is 17.2. The molecule has 1 amide bonds. The lowest BCUT2D eigenvalue weighted by Gasteiger charge is -2.34. The first-order valence-electron chi connectivity index (χ1n) is 15.0. The number of carbonyl (C=O) groups is 1. The normalized spacial score (nSPS) is 21.8. The van der Waals surface area contributed by atoms with Crippen molar-refractivity contribution in [2.75, 3.05) is 18.8 Å². The molecule has 0 bridgehead atoms. The van der Waals surface area contributed by atoms with Crippen molar-refractivity contribution in [1.82, 2.24) is 39.5 Å². The van der Waals surface area contributed by atoms with Gasteiger partial charge in [-0.15, -0.1) is 0 Å². The van der Waals surface area contributed by atoms with E-state index in [0.717, 1.165) is 42.5 Å². The van der Waals surface area contributed by atoms with Crippen LogP contribution < -0.4 is 11.1 Å². The first-order valence-corrected chi connectivity index (χ1v) is 15.0. The molecule has 4 aromatic heterocycles. The number of rotatable bonds is 6. The maximum atomic E-state index is 13.4. The van der Waals surface area contributed by atoms with E-state index < -0.39 is 12.1 Å². The topological polar surface area (TPSA) is 120 Å². The lowest BCUT2D eigenvalue weighted by atomic mass is 10.0. The zero-order valence-electron chi connectivity index (χ0n) is 23.6. The zero-order chi connectivity index (χ0) is 29.1. The molecule has 8 rings (SSSR count). The highest BCUT2D eigenvalue weighted by Gasteiger charge is 2.46. The van der Waals surface area contributed by atoms with Crippen LogP contribution in [0, 0.1) is 5.92 Å². The van der Waals surface area contributed by atoms with Gasteiger partial charge in [-0.05, 0) is 85.7 Å². The summed E-state index contributed by atoms with van der Waals surface area (Å²) in [7, 11) is 0. The fourth-order valence-electron chi connectivity index (χ4n) is 6.63. The van der Waals surface area contributed by atoms with Crippen LogP contribution in [0.5, 0.6) is 0 Å². The fraction of sp³-hybridized carbons (Fsp3) is 0.344. The highest BCUT2D eigenvalue weighted by atomic mass is 19.1. The number of pyridine rings is 2. The Bertz CT molecular complexity index is 1830. The first kappa shape index (κ1) is 26.0. The second kappa shape index (κ2) is 10.3. The van der Waals surface area contributed by atoms with Crippen LogP contribution in [0.3, 0.4) is 0 Å². The third-order valence-electron chi connectivity index (χ3n) is 9.04. The number of hydrogen-bond acceptors (Lipinski definition) is 7. The van der Waals surface area contributed by atoms with Crippen molar-refractivity contribution < 1.29 is 9.18 Å². The number of alkyl halides is 1. The summed E-state index contributed by atoms with van der Waals surface area (Å²) in [5.74, 6) is 1.39. The number of halogens is 1. The zero-order valence-corrected chi connectivity index (χ0v) is 23.6. The molecule has 218 valence electrons. The average molecular weight is 578 g/mol. The summed E-state index contributed by atoms with van der Waals surface area (Å²) in [6.45, 7) is 1.39.